The molecule has 10 heteroatoms. The van der Waals surface area contributed by atoms with Crippen molar-refractivity contribution in [3.05, 3.63) is 92.7 Å². The van der Waals surface area contributed by atoms with Gasteiger partial charge in [0.2, 0.25) is 5.91 Å². The van der Waals surface area contributed by atoms with Gasteiger partial charge in [0.25, 0.3) is 5.56 Å². The van der Waals surface area contributed by atoms with Gasteiger partial charge in [0.15, 0.2) is 5.16 Å². The van der Waals surface area contributed by atoms with Crippen molar-refractivity contribution in [3.63, 3.8) is 0 Å². The minimum Gasteiger partial charge on any atom is -0.468 e. The number of thioether (sulfide) groups is 1. The second-order valence-electron chi connectivity index (χ2n) is 7.24. The van der Waals surface area contributed by atoms with Crippen LogP contribution in [0.4, 0.5) is 4.39 Å². The number of ether oxygens (including phenoxy) is 1. The molecule has 0 saturated heterocycles. The summed E-state index contributed by atoms with van der Waals surface area (Å²) in [6.07, 6.45) is 0. The van der Waals surface area contributed by atoms with Crippen LogP contribution in [0.25, 0.3) is 10.9 Å². The number of hydrogen-bond donors (Lipinski definition) is 1. The first-order valence-corrected chi connectivity index (χ1v) is 12.1. The molecule has 0 aliphatic rings. The molecule has 1 N–H and O–H groups in total. The molecule has 0 fully saturated rings. The molecule has 2 aromatic carbocycles. The first-order chi connectivity index (χ1) is 16.5. The molecule has 0 aliphatic heterocycles. The molecule has 0 saturated carbocycles. The van der Waals surface area contributed by atoms with Crippen LogP contribution in [-0.2, 0) is 20.9 Å². The van der Waals surface area contributed by atoms with Gasteiger partial charge in [-0.05, 0) is 41.3 Å². The zero-order valence-electron chi connectivity index (χ0n) is 18.1. The minimum absolute atomic E-state index is 0.0466. The van der Waals surface area contributed by atoms with E-state index in [0.717, 1.165) is 22.2 Å². The van der Waals surface area contributed by atoms with Crippen LogP contribution in [0.15, 0.2) is 76.0 Å². The number of para-hydroxylation sites is 1. The number of esters is 1. The van der Waals surface area contributed by atoms with Gasteiger partial charge in [0, 0.05) is 4.88 Å². The second kappa shape index (κ2) is 10.6. The fourth-order valence-electron chi connectivity index (χ4n) is 3.35. The van der Waals surface area contributed by atoms with Crippen molar-refractivity contribution in [2.45, 2.75) is 17.7 Å². The SMILES string of the molecule is COC(=O)Cn1c(SCC(=O)NC(c2ccc(F)cc2)c2cccs2)nc2ccccc2c1=O. The van der Waals surface area contributed by atoms with Crippen LogP contribution in [0.2, 0.25) is 0 Å². The molecule has 174 valence electrons. The fourth-order valence-corrected chi connectivity index (χ4v) is 4.97. The number of carbonyl (C=O) groups excluding carboxylic acids is 2. The van der Waals surface area contributed by atoms with Crippen LogP contribution in [0, 0.1) is 5.82 Å². The summed E-state index contributed by atoms with van der Waals surface area (Å²) in [5.74, 6) is -1.31. The number of methoxy groups -OCH3 is 1. The van der Waals surface area contributed by atoms with Crippen LogP contribution in [-0.4, -0.2) is 34.3 Å². The number of nitrogens with zero attached hydrogens (tertiary/aromatic N) is 2. The molecule has 0 bridgehead atoms. The van der Waals surface area contributed by atoms with Crippen molar-refractivity contribution in [1.29, 1.82) is 0 Å². The van der Waals surface area contributed by atoms with Gasteiger partial charge < -0.3 is 10.1 Å². The molecule has 4 aromatic rings. The Kier molecular flexibility index (Phi) is 7.39. The molecular weight excluding hydrogens is 477 g/mol. The summed E-state index contributed by atoms with van der Waals surface area (Å²) in [7, 11) is 1.24. The predicted molar refractivity (Wildman–Crippen MR) is 129 cm³/mol. The van der Waals surface area contributed by atoms with Crippen molar-refractivity contribution in [3.8, 4) is 0 Å². The molecule has 0 aliphatic carbocycles. The molecule has 7 nitrogen and oxygen atoms in total. The Morgan fingerprint density at radius 1 is 1.15 bits per heavy atom. The van der Waals surface area contributed by atoms with E-state index in [1.807, 2.05) is 17.5 Å². The number of fused-ring (bicyclic) bond motifs is 1. The highest BCUT2D eigenvalue weighted by molar-refractivity contribution is 7.99. The summed E-state index contributed by atoms with van der Waals surface area (Å²) in [6, 6.07) is 16.1. The van der Waals surface area contributed by atoms with E-state index in [4.69, 9.17) is 4.74 Å². The van der Waals surface area contributed by atoms with Gasteiger partial charge in [-0.2, -0.15) is 0 Å². The van der Waals surface area contributed by atoms with E-state index in [1.165, 1.54) is 35.1 Å². The zero-order chi connectivity index (χ0) is 24.1. The van der Waals surface area contributed by atoms with E-state index < -0.39 is 12.0 Å². The third kappa shape index (κ3) is 5.35. The topological polar surface area (TPSA) is 90.3 Å². The third-order valence-electron chi connectivity index (χ3n) is 5.01. The normalized spacial score (nSPS) is 11.8. The lowest BCUT2D eigenvalue weighted by Gasteiger charge is -2.18. The first-order valence-electron chi connectivity index (χ1n) is 10.2. The quantitative estimate of drug-likeness (QED) is 0.226. The van der Waals surface area contributed by atoms with E-state index in [2.05, 4.69) is 10.3 Å². The highest BCUT2D eigenvalue weighted by Gasteiger charge is 2.20. The number of benzene rings is 2. The van der Waals surface area contributed by atoms with Crippen molar-refractivity contribution in [2.24, 2.45) is 0 Å². The van der Waals surface area contributed by atoms with Crippen LogP contribution < -0.4 is 10.9 Å². The number of carbonyl (C=O) groups is 2. The number of amides is 1. The largest absolute Gasteiger partial charge is 0.468 e. The van der Waals surface area contributed by atoms with Crippen LogP contribution >= 0.6 is 23.1 Å². The zero-order valence-corrected chi connectivity index (χ0v) is 19.7. The molecule has 0 radical (unpaired) electrons. The summed E-state index contributed by atoms with van der Waals surface area (Å²) >= 11 is 2.53. The molecule has 2 aromatic heterocycles. The number of rotatable bonds is 8. The van der Waals surface area contributed by atoms with Crippen molar-refractivity contribution in [1.82, 2.24) is 14.9 Å². The summed E-state index contributed by atoms with van der Waals surface area (Å²) in [5, 5.41) is 5.47. The number of nitrogens with one attached hydrogen (secondary N) is 1. The molecule has 4 rings (SSSR count). The Labute approximate surface area is 202 Å². The summed E-state index contributed by atoms with van der Waals surface area (Å²) in [5.41, 5.74) is 0.828. The highest BCUT2D eigenvalue weighted by Crippen LogP contribution is 2.27. The van der Waals surface area contributed by atoms with Gasteiger partial charge in [0.1, 0.15) is 12.4 Å². The van der Waals surface area contributed by atoms with Crippen molar-refractivity contribution < 1.29 is 18.7 Å². The van der Waals surface area contributed by atoms with Crippen LogP contribution in [0.3, 0.4) is 0 Å². The molecule has 34 heavy (non-hydrogen) atoms. The first kappa shape index (κ1) is 23.7. The maximum Gasteiger partial charge on any atom is 0.325 e. The number of hydrogen-bond acceptors (Lipinski definition) is 7. The molecule has 2 heterocycles. The number of thiophene rings is 1. The Morgan fingerprint density at radius 3 is 2.62 bits per heavy atom. The maximum absolute atomic E-state index is 13.4. The third-order valence-corrected chi connectivity index (χ3v) is 6.92. The van der Waals surface area contributed by atoms with E-state index in [0.29, 0.717) is 10.9 Å². The Hall–Kier alpha value is -3.50. The number of aromatic nitrogens is 2. The van der Waals surface area contributed by atoms with Gasteiger partial charge in [-0.3, -0.25) is 19.0 Å². The summed E-state index contributed by atoms with van der Waals surface area (Å²) in [6.45, 7) is -0.315. The lowest BCUT2D eigenvalue weighted by atomic mass is 10.1. The van der Waals surface area contributed by atoms with Crippen molar-refractivity contribution in [2.75, 3.05) is 12.9 Å². The molecule has 0 spiro atoms. The van der Waals surface area contributed by atoms with E-state index in [-0.39, 0.29) is 34.7 Å². The second-order valence-corrected chi connectivity index (χ2v) is 9.16. The van der Waals surface area contributed by atoms with E-state index in [9.17, 15) is 18.8 Å². The molecule has 1 unspecified atom stereocenters. The Bertz CT molecular complexity index is 1370. The predicted octanol–water partition coefficient (Wildman–Crippen LogP) is 3.77. The molecule has 1 atom stereocenters. The molecule has 1 amide bonds. The van der Waals surface area contributed by atoms with Gasteiger partial charge in [-0.1, -0.05) is 42.1 Å². The van der Waals surface area contributed by atoms with E-state index >= 15 is 0 Å². The monoisotopic (exact) mass is 497 g/mol. The average molecular weight is 498 g/mol. The lowest BCUT2D eigenvalue weighted by Crippen LogP contribution is -2.31. The summed E-state index contributed by atoms with van der Waals surface area (Å²) in [4.78, 5) is 43.1. The Morgan fingerprint density at radius 2 is 1.91 bits per heavy atom. The standard InChI is InChI=1S/C24H20FN3O4S2/c1-32-21(30)13-28-23(31)17-5-2-3-6-18(17)26-24(28)34-14-20(29)27-22(19-7-4-12-33-19)15-8-10-16(25)11-9-15/h2-12,22H,13-14H2,1H3,(H,27,29). The fraction of sp³-hybridized carbons (Fsp3) is 0.167. The Balaban J connectivity index is 1.57. The van der Waals surface area contributed by atoms with Crippen LogP contribution in [0.5, 0.6) is 0 Å². The average Bonchev–Trinajstić information content (AvgIpc) is 3.38. The highest BCUT2D eigenvalue weighted by atomic mass is 32.2. The van der Waals surface area contributed by atoms with Gasteiger partial charge in [-0.15, -0.1) is 11.3 Å². The minimum atomic E-state index is -0.598. The van der Waals surface area contributed by atoms with Gasteiger partial charge in [0.05, 0.1) is 29.8 Å². The summed E-state index contributed by atoms with van der Waals surface area (Å²) < 4.78 is 19.3. The van der Waals surface area contributed by atoms with Gasteiger partial charge >= 0.3 is 5.97 Å². The van der Waals surface area contributed by atoms with Crippen LogP contribution in [0.1, 0.15) is 16.5 Å². The van der Waals surface area contributed by atoms with Gasteiger partial charge in [-0.25, -0.2) is 9.37 Å². The van der Waals surface area contributed by atoms with E-state index in [1.54, 1.807) is 36.4 Å². The molecular formula is C24H20FN3O4S2. The smallest absolute Gasteiger partial charge is 0.325 e. The van der Waals surface area contributed by atoms with Crippen molar-refractivity contribution >= 4 is 45.9 Å². The number of halogens is 1. The lowest BCUT2D eigenvalue weighted by molar-refractivity contribution is -0.141. The maximum atomic E-state index is 13.4.